The number of esters is 2. The van der Waals surface area contributed by atoms with Crippen molar-refractivity contribution in [1.82, 2.24) is 0 Å². The van der Waals surface area contributed by atoms with Crippen LogP contribution < -0.4 is 10.2 Å². The molecule has 1 unspecified atom stereocenters. The van der Waals surface area contributed by atoms with Crippen molar-refractivity contribution in [1.29, 1.82) is 5.26 Å². The maximum Gasteiger partial charge on any atom is 0.415 e. The predicted octanol–water partition coefficient (Wildman–Crippen LogP) is 12.3. The van der Waals surface area contributed by atoms with E-state index < -0.39 is 35.8 Å². The molecule has 4 rings (SSSR count). The number of unbranched alkanes of at least 4 members (excludes halogenated alkanes) is 9. The Morgan fingerprint density at radius 1 is 0.803 bits per heavy atom. The second kappa shape index (κ2) is 25.1. The van der Waals surface area contributed by atoms with Crippen molar-refractivity contribution in [2.45, 2.75) is 123 Å². The van der Waals surface area contributed by atoms with E-state index in [-0.39, 0.29) is 56.7 Å². The molecule has 0 radical (unpaired) electrons. The van der Waals surface area contributed by atoms with Gasteiger partial charge in [0.05, 0.1) is 39.5 Å². The van der Waals surface area contributed by atoms with E-state index >= 15 is 0 Å². The van der Waals surface area contributed by atoms with Crippen molar-refractivity contribution in [3.8, 4) is 6.07 Å². The Bertz CT molecular complexity index is 2090. The highest BCUT2D eigenvalue weighted by Crippen LogP contribution is 2.32. The molecule has 0 saturated heterocycles. The van der Waals surface area contributed by atoms with E-state index in [0.29, 0.717) is 29.7 Å². The number of rotatable bonds is 22. The average molecular weight is 895 g/mol. The first-order chi connectivity index (χ1) is 29.4. The van der Waals surface area contributed by atoms with Gasteiger partial charge in [-0.25, -0.2) is 14.4 Å². The topological polar surface area (TPSA) is 152 Å². The molecular formula is C47H54Cl3N3O8. The lowest BCUT2D eigenvalue weighted by Gasteiger charge is -2.30. The number of amides is 2. The fourth-order valence-corrected chi connectivity index (χ4v) is 7.53. The van der Waals surface area contributed by atoms with Gasteiger partial charge in [0.25, 0.3) is 5.91 Å². The Balaban J connectivity index is 1.54. The van der Waals surface area contributed by atoms with Crippen molar-refractivity contribution in [2.75, 3.05) is 23.4 Å². The van der Waals surface area contributed by atoms with Crippen LogP contribution in [-0.4, -0.2) is 55.1 Å². The Kier molecular flexibility index (Phi) is 20.1. The molecule has 0 heterocycles. The van der Waals surface area contributed by atoms with Gasteiger partial charge in [-0.15, -0.1) is 0 Å². The van der Waals surface area contributed by atoms with Gasteiger partial charge >= 0.3 is 18.0 Å². The van der Waals surface area contributed by atoms with Gasteiger partial charge in [-0.2, -0.15) is 5.26 Å². The Labute approximate surface area is 373 Å². The van der Waals surface area contributed by atoms with Gasteiger partial charge in [0, 0.05) is 17.3 Å². The lowest BCUT2D eigenvalue weighted by molar-refractivity contribution is -0.137. The smallest absolute Gasteiger partial charge is 0.415 e. The highest BCUT2D eigenvalue weighted by molar-refractivity contribution is 6.42. The molecule has 0 aliphatic heterocycles. The first-order valence-corrected chi connectivity index (χ1v) is 22.2. The number of carbonyl (C=O) groups is 5. The maximum absolute atomic E-state index is 14.3. The summed E-state index contributed by atoms with van der Waals surface area (Å²) < 4.78 is 16.3. The van der Waals surface area contributed by atoms with Gasteiger partial charge in [-0.05, 0) is 98.8 Å². The van der Waals surface area contributed by atoms with Crippen LogP contribution in [0.3, 0.4) is 0 Å². The van der Waals surface area contributed by atoms with Crippen molar-refractivity contribution in [2.24, 2.45) is 0 Å². The molecule has 3 aromatic carbocycles. The van der Waals surface area contributed by atoms with Crippen LogP contribution in [0.15, 0.2) is 60.2 Å². The van der Waals surface area contributed by atoms with Crippen LogP contribution in [0.25, 0.3) is 6.08 Å². The second-order valence-corrected chi connectivity index (χ2v) is 16.2. The maximum atomic E-state index is 14.3. The molecule has 3 aromatic rings. The standard InChI is InChI=1S/C47H54Cl3N3O8/c1-4-6-7-8-9-10-11-12-13-16-25-60-45(56)34-21-24-39(49)41(29-34)52-44(55)43(42(54)33-20-23-38(48)40(50)28-33)61-47(58)53(36-17-14-15-18-36)37-22-19-32(31(3)26-37)27-35(30-51)46(57)59-5-2/h19-24,26-29,36,43H,4-18,25H2,1-3H3,(H,52,55). The number of anilines is 2. The van der Waals surface area contributed by atoms with Gasteiger partial charge in [0.1, 0.15) is 11.6 Å². The van der Waals surface area contributed by atoms with E-state index in [1.807, 2.05) is 6.07 Å². The van der Waals surface area contributed by atoms with Gasteiger partial charge in [0.15, 0.2) is 0 Å². The van der Waals surface area contributed by atoms with Crippen molar-refractivity contribution >= 4 is 82.0 Å². The molecule has 14 heteroatoms. The molecule has 0 aromatic heterocycles. The lowest BCUT2D eigenvalue weighted by Crippen LogP contribution is -2.46. The first kappa shape index (κ1) is 48.8. The second-order valence-electron chi connectivity index (χ2n) is 15.0. The molecule has 1 aliphatic carbocycles. The van der Waals surface area contributed by atoms with Gasteiger partial charge in [0.2, 0.25) is 11.9 Å². The summed E-state index contributed by atoms with van der Waals surface area (Å²) in [6.45, 7) is 5.94. The number of halogens is 3. The number of ether oxygens (including phenoxy) is 3. The summed E-state index contributed by atoms with van der Waals surface area (Å²) in [5, 5.41) is 12.4. The first-order valence-electron chi connectivity index (χ1n) is 21.0. The predicted molar refractivity (Wildman–Crippen MR) is 239 cm³/mol. The van der Waals surface area contributed by atoms with Crippen molar-refractivity contribution in [3.05, 3.63) is 97.5 Å². The molecule has 1 fully saturated rings. The third-order valence-electron chi connectivity index (χ3n) is 10.4. The van der Waals surface area contributed by atoms with Crippen LogP contribution in [0.4, 0.5) is 16.2 Å². The Hall–Kier alpha value is -4.89. The number of Topliss-reactive ketones (excluding diaryl/α,β-unsaturated/α-hetero) is 1. The largest absolute Gasteiger partial charge is 0.462 e. The van der Waals surface area contributed by atoms with E-state index in [1.165, 1.54) is 85.9 Å². The molecule has 1 atom stereocenters. The van der Waals surface area contributed by atoms with E-state index in [1.54, 1.807) is 32.0 Å². The molecule has 1 aliphatic rings. The summed E-state index contributed by atoms with van der Waals surface area (Å²) in [4.78, 5) is 69.2. The average Bonchev–Trinajstić information content (AvgIpc) is 3.77. The molecule has 61 heavy (non-hydrogen) atoms. The van der Waals surface area contributed by atoms with E-state index in [2.05, 4.69) is 12.2 Å². The summed E-state index contributed by atoms with van der Waals surface area (Å²) in [7, 11) is 0. The quantitative estimate of drug-likeness (QED) is 0.0198. The molecule has 0 spiro atoms. The monoisotopic (exact) mass is 893 g/mol. The zero-order chi connectivity index (χ0) is 44.3. The third-order valence-corrected chi connectivity index (χ3v) is 11.5. The SMILES string of the molecule is CCCCCCCCCCCCOC(=O)c1ccc(Cl)c(NC(=O)C(OC(=O)N(c2ccc(C=C(C#N)C(=O)OCC)c(C)c2)C2CCCC2)C(=O)c2ccc(Cl)c(Cl)c2)c1. The van der Waals surface area contributed by atoms with Crippen LogP contribution in [0.2, 0.25) is 15.1 Å². The minimum absolute atomic E-state index is 0.00508. The Morgan fingerprint density at radius 3 is 2.07 bits per heavy atom. The van der Waals surface area contributed by atoms with E-state index in [0.717, 1.165) is 38.5 Å². The van der Waals surface area contributed by atoms with Crippen molar-refractivity contribution < 1.29 is 38.2 Å². The summed E-state index contributed by atoms with van der Waals surface area (Å²) in [5.74, 6) is -3.29. The number of nitrogens with one attached hydrogen (secondary N) is 1. The third kappa shape index (κ3) is 14.6. The zero-order valence-corrected chi connectivity index (χ0v) is 37.3. The van der Waals surface area contributed by atoms with Crippen LogP contribution >= 0.6 is 34.8 Å². The minimum atomic E-state index is -2.04. The number of ketones is 1. The number of hydrogen-bond acceptors (Lipinski definition) is 9. The van der Waals surface area contributed by atoms with Crippen LogP contribution in [0.5, 0.6) is 0 Å². The molecule has 0 bridgehead atoms. The number of benzene rings is 3. The number of aryl methyl sites for hydroxylation is 1. The highest BCUT2D eigenvalue weighted by Gasteiger charge is 2.37. The molecule has 1 saturated carbocycles. The number of nitriles is 1. The normalized spacial score (nSPS) is 13.2. The van der Waals surface area contributed by atoms with Crippen molar-refractivity contribution in [3.63, 3.8) is 0 Å². The van der Waals surface area contributed by atoms with E-state index in [4.69, 9.17) is 49.0 Å². The zero-order valence-electron chi connectivity index (χ0n) is 35.0. The molecule has 11 nitrogen and oxygen atoms in total. The number of nitrogens with zero attached hydrogens (tertiary/aromatic N) is 2. The van der Waals surface area contributed by atoms with Gasteiger partial charge in [-0.3, -0.25) is 14.5 Å². The van der Waals surface area contributed by atoms with E-state index in [9.17, 15) is 29.2 Å². The number of hydrogen-bond donors (Lipinski definition) is 1. The summed E-state index contributed by atoms with van der Waals surface area (Å²) >= 11 is 18.9. The summed E-state index contributed by atoms with van der Waals surface area (Å²) in [6.07, 6.45) is 12.8. The molecular weight excluding hydrogens is 841 g/mol. The fraction of sp³-hybridized carbons (Fsp3) is 0.447. The summed E-state index contributed by atoms with van der Waals surface area (Å²) in [6, 6.07) is 14.8. The summed E-state index contributed by atoms with van der Waals surface area (Å²) in [5.41, 5.74) is 1.47. The minimum Gasteiger partial charge on any atom is -0.462 e. The van der Waals surface area contributed by atoms with Crippen LogP contribution in [0.1, 0.15) is 136 Å². The highest BCUT2D eigenvalue weighted by atomic mass is 35.5. The molecule has 1 N–H and O–H groups in total. The molecule has 326 valence electrons. The fourth-order valence-electron chi connectivity index (χ4n) is 7.07. The lowest BCUT2D eigenvalue weighted by atomic mass is 10.0. The number of carbonyl (C=O) groups excluding carboxylic acids is 5. The van der Waals surface area contributed by atoms with Gasteiger partial charge in [-0.1, -0.05) is 118 Å². The Morgan fingerprint density at radius 2 is 1.44 bits per heavy atom. The van der Waals surface area contributed by atoms with Crippen LogP contribution in [-0.2, 0) is 23.8 Å². The van der Waals surface area contributed by atoms with Crippen LogP contribution in [0, 0.1) is 18.3 Å². The van der Waals surface area contributed by atoms with Gasteiger partial charge < -0.3 is 19.5 Å². The molecule has 2 amide bonds.